The number of nitrogens with zero attached hydrogens (tertiary/aromatic N) is 3. The molecule has 2 heterocycles. The number of hydrogen-bond donors (Lipinski definition) is 1. The molecule has 0 aliphatic carbocycles. The summed E-state index contributed by atoms with van der Waals surface area (Å²) < 4.78 is 7.18. The number of amides is 1. The summed E-state index contributed by atoms with van der Waals surface area (Å²) in [6.07, 6.45) is 2.53. The number of carbonyl (C=O) groups excluding carboxylic acids is 1. The summed E-state index contributed by atoms with van der Waals surface area (Å²) in [4.78, 5) is 16.8. The standard InChI is InChI=1S/C22H18Cl2N4O2/c23-17-8-6-15(7-9-17)10-11-25-20(29)14-28-12-2-5-19(28)22-26-21(27-30-22)16-3-1-4-18(24)13-16/h1-9,12-13H,10-11,14H2,(H,25,29). The maximum absolute atomic E-state index is 12.4. The molecule has 0 aliphatic rings. The summed E-state index contributed by atoms with van der Waals surface area (Å²) in [6.45, 7) is 0.689. The van der Waals surface area contributed by atoms with E-state index in [1.54, 1.807) is 22.9 Å². The fourth-order valence-corrected chi connectivity index (χ4v) is 3.34. The second-order valence-corrected chi connectivity index (χ2v) is 7.55. The first-order valence-electron chi connectivity index (χ1n) is 9.35. The van der Waals surface area contributed by atoms with Crippen molar-refractivity contribution in [1.82, 2.24) is 20.0 Å². The number of rotatable bonds is 7. The second kappa shape index (κ2) is 9.15. The molecule has 8 heteroatoms. The van der Waals surface area contributed by atoms with Crippen molar-refractivity contribution < 1.29 is 9.32 Å². The van der Waals surface area contributed by atoms with E-state index >= 15 is 0 Å². The van der Waals surface area contributed by atoms with Gasteiger partial charge in [0.1, 0.15) is 12.2 Å². The van der Waals surface area contributed by atoms with Crippen molar-refractivity contribution in [1.29, 1.82) is 0 Å². The quantitative estimate of drug-likeness (QED) is 0.444. The van der Waals surface area contributed by atoms with Gasteiger partial charge in [-0.2, -0.15) is 4.98 Å². The maximum atomic E-state index is 12.4. The summed E-state index contributed by atoms with van der Waals surface area (Å²) in [6, 6.07) is 18.5. The zero-order valence-corrected chi connectivity index (χ0v) is 17.4. The third kappa shape index (κ3) is 4.90. The number of benzene rings is 2. The number of hydrogen-bond acceptors (Lipinski definition) is 4. The molecule has 2 aromatic carbocycles. The van der Waals surface area contributed by atoms with E-state index in [1.165, 1.54) is 0 Å². The topological polar surface area (TPSA) is 73.0 Å². The minimum Gasteiger partial charge on any atom is -0.354 e. The van der Waals surface area contributed by atoms with Crippen molar-refractivity contribution in [3.8, 4) is 23.0 Å². The van der Waals surface area contributed by atoms with Gasteiger partial charge in [-0.05, 0) is 48.4 Å². The largest absolute Gasteiger partial charge is 0.354 e. The molecule has 1 N–H and O–H groups in total. The van der Waals surface area contributed by atoms with E-state index in [2.05, 4.69) is 15.5 Å². The summed E-state index contributed by atoms with van der Waals surface area (Å²) in [5, 5.41) is 8.24. The maximum Gasteiger partial charge on any atom is 0.274 e. The van der Waals surface area contributed by atoms with Crippen LogP contribution in [0.4, 0.5) is 0 Å². The molecule has 0 fully saturated rings. The lowest BCUT2D eigenvalue weighted by atomic mass is 10.1. The van der Waals surface area contributed by atoms with Crippen molar-refractivity contribution in [3.05, 3.63) is 82.5 Å². The molecule has 0 bridgehead atoms. The summed E-state index contributed by atoms with van der Waals surface area (Å²) in [5.41, 5.74) is 2.54. The van der Waals surface area contributed by atoms with Crippen LogP contribution in [0.15, 0.2) is 71.4 Å². The molecule has 1 amide bonds. The molecular weight excluding hydrogens is 423 g/mol. The van der Waals surface area contributed by atoms with E-state index in [9.17, 15) is 4.79 Å². The Hall–Kier alpha value is -3.09. The molecule has 30 heavy (non-hydrogen) atoms. The fraction of sp³-hybridized carbons (Fsp3) is 0.136. The van der Waals surface area contributed by atoms with E-state index in [0.29, 0.717) is 34.0 Å². The smallest absolute Gasteiger partial charge is 0.274 e. The van der Waals surface area contributed by atoms with Crippen LogP contribution in [0, 0.1) is 0 Å². The first-order valence-corrected chi connectivity index (χ1v) is 10.1. The minimum atomic E-state index is -0.101. The van der Waals surface area contributed by atoms with Gasteiger partial charge < -0.3 is 14.4 Å². The number of aromatic nitrogens is 3. The molecule has 0 unspecified atom stereocenters. The Kier molecular flexibility index (Phi) is 6.16. The van der Waals surface area contributed by atoms with Gasteiger partial charge in [0, 0.05) is 28.4 Å². The highest BCUT2D eigenvalue weighted by molar-refractivity contribution is 6.31. The molecule has 6 nitrogen and oxygen atoms in total. The average Bonchev–Trinajstić information content (AvgIpc) is 3.39. The van der Waals surface area contributed by atoms with Gasteiger partial charge in [-0.15, -0.1) is 0 Å². The van der Waals surface area contributed by atoms with E-state index in [4.69, 9.17) is 27.7 Å². The van der Waals surface area contributed by atoms with Gasteiger partial charge in [-0.3, -0.25) is 4.79 Å². The normalized spacial score (nSPS) is 10.9. The fourth-order valence-electron chi connectivity index (χ4n) is 3.03. The Morgan fingerprint density at radius 3 is 2.67 bits per heavy atom. The van der Waals surface area contributed by atoms with Crippen LogP contribution in [0.2, 0.25) is 10.0 Å². The van der Waals surface area contributed by atoms with Crippen LogP contribution < -0.4 is 5.32 Å². The Labute approximate surface area is 183 Å². The van der Waals surface area contributed by atoms with E-state index in [0.717, 1.165) is 17.5 Å². The van der Waals surface area contributed by atoms with Crippen molar-refractivity contribution in [2.75, 3.05) is 6.54 Å². The molecule has 2 aromatic heterocycles. The molecule has 0 radical (unpaired) electrons. The predicted octanol–water partition coefficient (Wildman–Crippen LogP) is 4.87. The molecule has 0 atom stereocenters. The Bertz CT molecular complexity index is 1150. The van der Waals surface area contributed by atoms with Crippen molar-refractivity contribution in [3.63, 3.8) is 0 Å². The van der Waals surface area contributed by atoms with Gasteiger partial charge in [0.05, 0.1) is 0 Å². The van der Waals surface area contributed by atoms with E-state index < -0.39 is 0 Å². The number of halogens is 2. The van der Waals surface area contributed by atoms with E-state index in [1.807, 2.05) is 48.5 Å². The highest BCUT2D eigenvalue weighted by atomic mass is 35.5. The number of nitrogens with one attached hydrogen (secondary N) is 1. The van der Waals surface area contributed by atoms with Crippen molar-refractivity contribution in [2.45, 2.75) is 13.0 Å². The van der Waals surface area contributed by atoms with Gasteiger partial charge >= 0.3 is 0 Å². The Balaban J connectivity index is 1.38. The molecule has 4 aromatic rings. The summed E-state index contributed by atoms with van der Waals surface area (Å²) in [5.74, 6) is 0.674. The Morgan fingerprint density at radius 2 is 1.87 bits per heavy atom. The van der Waals surface area contributed by atoms with E-state index in [-0.39, 0.29) is 12.5 Å². The molecular formula is C22H18Cl2N4O2. The summed E-state index contributed by atoms with van der Waals surface area (Å²) >= 11 is 11.9. The zero-order chi connectivity index (χ0) is 20.9. The van der Waals surface area contributed by atoms with Gasteiger partial charge in [0.15, 0.2) is 0 Å². The Morgan fingerprint density at radius 1 is 1.03 bits per heavy atom. The highest BCUT2D eigenvalue weighted by Crippen LogP contribution is 2.24. The lowest BCUT2D eigenvalue weighted by Gasteiger charge is -2.08. The summed E-state index contributed by atoms with van der Waals surface area (Å²) in [7, 11) is 0. The molecule has 0 aliphatic heterocycles. The minimum absolute atomic E-state index is 0.101. The van der Waals surface area contributed by atoms with Crippen LogP contribution in [-0.2, 0) is 17.8 Å². The number of carbonyl (C=O) groups is 1. The van der Waals surface area contributed by atoms with Gasteiger partial charge in [0.2, 0.25) is 11.7 Å². The van der Waals surface area contributed by atoms with Crippen LogP contribution in [0.5, 0.6) is 0 Å². The van der Waals surface area contributed by atoms with Gasteiger partial charge in [0.25, 0.3) is 5.89 Å². The molecule has 4 rings (SSSR count). The first-order chi connectivity index (χ1) is 14.6. The SMILES string of the molecule is O=C(Cn1cccc1-c1nc(-c2cccc(Cl)c2)no1)NCCc1ccc(Cl)cc1. The third-order valence-electron chi connectivity index (χ3n) is 4.52. The molecule has 0 saturated carbocycles. The van der Waals surface area contributed by atoms with Crippen LogP contribution in [0.1, 0.15) is 5.56 Å². The monoisotopic (exact) mass is 440 g/mol. The zero-order valence-electron chi connectivity index (χ0n) is 15.9. The second-order valence-electron chi connectivity index (χ2n) is 6.68. The lowest BCUT2D eigenvalue weighted by Crippen LogP contribution is -2.29. The van der Waals surface area contributed by atoms with Gasteiger partial charge in [-0.25, -0.2) is 0 Å². The highest BCUT2D eigenvalue weighted by Gasteiger charge is 2.15. The van der Waals surface area contributed by atoms with Gasteiger partial charge in [-0.1, -0.05) is 52.6 Å². The first kappa shape index (κ1) is 20.2. The average molecular weight is 441 g/mol. The van der Waals surface area contributed by atoms with Crippen LogP contribution in [0.3, 0.4) is 0 Å². The molecule has 0 spiro atoms. The lowest BCUT2D eigenvalue weighted by molar-refractivity contribution is -0.121. The predicted molar refractivity (Wildman–Crippen MR) is 116 cm³/mol. The van der Waals surface area contributed by atoms with Crippen LogP contribution >= 0.6 is 23.2 Å². The molecule has 0 saturated heterocycles. The van der Waals surface area contributed by atoms with Crippen LogP contribution in [-0.4, -0.2) is 27.2 Å². The van der Waals surface area contributed by atoms with Crippen LogP contribution in [0.25, 0.3) is 23.0 Å². The van der Waals surface area contributed by atoms with Crippen molar-refractivity contribution >= 4 is 29.1 Å². The third-order valence-corrected chi connectivity index (χ3v) is 5.01. The molecule has 152 valence electrons. The van der Waals surface area contributed by atoms with Crippen molar-refractivity contribution in [2.24, 2.45) is 0 Å².